The third-order valence-corrected chi connectivity index (χ3v) is 3.70. The number of hydrogen-bond donors (Lipinski definition) is 3. The number of aryl methyl sites for hydroxylation is 1. The molecule has 0 fully saturated rings. The molecule has 0 unspecified atom stereocenters. The number of benzene rings is 1. The van der Waals surface area contributed by atoms with Crippen LogP contribution in [0.1, 0.15) is 27.2 Å². The number of nitrogens with one attached hydrogen (secondary N) is 2. The number of aromatic nitrogens is 1. The smallest absolute Gasteiger partial charge is 0.336 e. The number of hydrogen-bond acceptors (Lipinski definition) is 4. The Morgan fingerprint density at radius 2 is 2.10 bits per heavy atom. The second-order valence-corrected chi connectivity index (χ2v) is 5.28. The van der Waals surface area contributed by atoms with Gasteiger partial charge in [0.2, 0.25) is 0 Å². The highest BCUT2D eigenvalue weighted by Crippen LogP contribution is 2.20. The van der Waals surface area contributed by atoms with Gasteiger partial charge in [-0.2, -0.15) is 0 Å². The van der Waals surface area contributed by atoms with Crippen molar-refractivity contribution >= 4 is 29.0 Å². The molecule has 0 aliphatic heterocycles. The molecular formula is C14H15N3O3S. The highest BCUT2D eigenvalue weighted by molar-refractivity contribution is 7.07. The third-order valence-electron chi connectivity index (χ3n) is 3.07. The number of anilines is 1. The van der Waals surface area contributed by atoms with Crippen LogP contribution in [0.15, 0.2) is 23.0 Å². The van der Waals surface area contributed by atoms with Crippen molar-refractivity contribution in [3.63, 3.8) is 0 Å². The molecule has 0 radical (unpaired) electrons. The van der Waals surface area contributed by atoms with Crippen molar-refractivity contribution < 1.29 is 14.7 Å². The zero-order valence-corrected chi connectivity index (χ0v) is 12.5. The Morgan fingerprint density at radius 1 is 1.33 bits per heavy atom. The van der Waals surface area contributed by atoms with Gasteiger partial charge in [0.05, 0.1) is 23.3 Å². The first-order chi connectivity index (χ1) is 9.97. The molecule has 6 nitrogen and oxygen atoms in total. The molecule has 110 valence electrons. The lowest BCUT2D eigenvalue weighted by molar-refractivity contribution is 0.0696. The molecule has 2 aromatic rings. The van der Waals surface area contributed by atoms with E-state index in [1.165, 1.54) is 17.4 Å². The van der Waals surface area contributed by atoms with Crippen LogP contribution in [-0.4, -0.2) is 22.1 Å². The minimum Gasteiger partial charge on any atom is -0.478 e. The summed E-state index contributed by atoms with van der Waals surface area (Å²) in [7, 11) is 0. The molecule has 0 saturated carbocycles. The molecule has 1 heterocycles. The number of nitrogens with zero attached hydrogens (tertiary/aromatic N) is 1. The number of aromatic carboxylic acids is 1. The standard InChI is InChI=1S/C14H15N3O3S/c1-8-3-10(4-12(9(8)2)13(18)19)17-14(20)15-5-11-6-21-7-16-11/h3-4,6-7H,5H2,1-2H3,(H,18,19)(H2,15,17,20). The van der Waals surface area contributed by atoms with Crippen molar-refractivity contribution in [2.24, 2.45) is 0 Å². The van der Waals surface area contributed by atoms with E-state index in [0.717, 1.165) is 11.3 Å². The SMILES string of the molecule is Cc1cc(NC(=O)NCc2cscn2)cc(C(=O)O)c1C. The Morgan fingerprint density at radius 3 is 2.71 bits per heavy atom. The van der Waals surface area contributed by atoms with E-state index in [1.54, 1.807) is 25.4 Å². The maximum atomic E-state index is 11.8. The fraction of sp³-hybridized carbons (Fsp3) is 0.214. The van der Waals surface area contributed by atoms with E-state index < -0.39 is 12.0 Å². The van der Waals surface area contributed by atoms with Crippen LogP contribution in [0.5, 0.6) is 0 Å². The number of carboxylic acid groups (broad SMARTS) is 1. The minimum absolute atomic E-state index is 0.185. The predicted octanol–water partition coefficient (Wildman–Crippen LogP) is 2.78. The van der Waals surface area contributed by atoms with E-state index in [-0.39, 0.29) is 5.56 Å². The summed E-state index contributed by atoms with van der Waals surface area (Å²) in [5.74, 6) is -1.01. The molecule has 1 aromatic carbocycles. The topological polar surface area (TPSA) is 91.3 Å². The molecule has 0 saturated heterocycles. The van der Waals surface area contributed by atoms with Crippen LogP contribution >= 0.6 is 11.3 Å². The lowest BCUT2D eigenvalue weighted by Gasteiger charge is -2.11. The highest BCUT2D eigenvalue weighted by Gasteiger charge is 2.12. The van der Waals surface area contributed by atoms with Gasteiger partial charge in [-0.05, 0) is 37.1 Å². The first kappa shape index (κ1) is 15.0. The van der Waals surface area contributed by atoms with E-state index in [2.05, 4.69) is 15.6 Å². The van der Waals surface area contributed by atoms with Crippen LogP contribution in [0.3, 0.4) is 0 Å². The molecule has 0 bridgehead atoms. The normalized spacial score (nSPS) is 10.2. The summed E-state index contributed by atoms with van der Waals surface area (Å²) in [6.07, 6.45) is 0. The minimum atomic E-state index is -1.01. The van der Waals surface area contributed by atoms with Gasteiger partial charge in [0.25, 0.3) is 0 Å². The van der Waals surface area contributed by atoms with Crippen LogP contribution < -0.4 is 10.6 Å². The fourth-order valence-corrected chi connectivity index (χ4v) is 2.38. The maximum Gasteiger partial charge on any atom is 0.336 e. The van der Waals surface area contributed by atoms with Crippen LogP contribution in [-0.2, 0) is 6.54 Å². The van der Waals surface area contributed by atoms with Crippen molar-refractivity contribution in [2.75, 3.05) is 5.32 Å². The second kappa shape index (κ2) is 6.36. The average Bonchev–Trinajstić information content (AvgIpc) is 2.93. The van der Waals surface area contributed by atoms with Gasteiger partial charge in [0, 0.05) is 11.1 Å². The Balaban J connectivity index is 2.05. The zero-order valence-electron chi connectivity index (χ0n) is 11.6. The summed E-state index contributed by atoms with van der Waals surface area (Å²) in [6, 6.07) is 2.79. The lowest BCUT2D eigenvalue weighted by Crippen LogP contribution is -2.28. The van der Waals surface area contributed by atoms with Gasteiger partial charge in [-0.3, -0.25) is 0 Å². The molecule has 0 spiro atoms. The Kier molecular flexibility index (Phi) is 4.54. The van der Waals surface area contributed by atoms with Crippen LogP contribution in [0.4, 0.5) is 10.5 Å². The van der Waals surface area contributed by atoms with E-state index in [1.807, 2.05) is 5.38 Å². The molecular weight excluding hydrogens is 290 g/mol. The summed E-state index contributed by atoms with van der Waals surface area (Å²) in [5, 5.41) is 16.3. The monoisotopic (exact) mass is 305 g/mol. The van der Waals surface area contributed by atoms with Gasteiger partial charge in [-0.1, -0.05) is 0 Å². The van der Waals surface area contributed by atoms with E-state index in [4.69, 9.17) is 5.11 Å². The Hall–Kier alpha value is -2.41. The van der Waals surface area contributed by atoms with E-state index >= 15 is 0 Å². The average molecular weight is 305 g/mol. The maximum absolute atomic E-state index is 11.8. The Bertz CT molecular complexity index is 668. The molecule has 0 aliphatic rings. The summed E-state index contributed by atoms with van der Waals surface area (Å²) in [5.41, 5.74) is 4.61. The number of carboxylic acids is 1. The van der Waals surface area contributed by atoms with Crippen molar-refractivity contribution in [1.29, 1.82) is 0 Å². The van der Waals surface area contributed by atoms with Gasteiger partial charge in [0.15, 0.2) is 0 Å². The summed E-state index contributed by atoms with van der Waals surface area (Å²) < 4.78 is 0. The third kappa shape index (κ3) is 3.79. The largest absolute Gasteiger partial charge is 0.478 e. The zero-order chi connectivity index (χ0) is 15.4. The van der Waals surface area contributed by atoms with E-state index in [0.29, 0.717) is 17.8 Å². The quantitative estimate of drug-likeness (QED) is 0.810. The molecule has 1 aromatic heterocycles. The molecule has 2 rings (SSSR count). The fourth-order valence-electron chi connectivity index (χ4n) is 1.82. The van der Waals surface area contributed by atoms with Crippen molar-refractivity contribution in [2.45, 2.75) is 20.4 Å². The van der Waals surface area contributed by atoms with Crippen LogP contribution in [0.25, 0.3) is 0 Å². The molecule has 21 heavy (non-hydrogen) atoms. The second-order valence-electron chi connectivity index (χ2n) is 4.56. The van der Waals surface area contributed by atoms with Crippen LogP contribution in [0.2, 0.25) is 0 Å². The number of rotatable bonds is 4. The van der Waals surface area contributed by atoms with Crippen molar-refractivity contribution in [3.8, 4) is 0 Å². The number of urea groups is 1. The first-order valence-electron chi connectivity index (χ1n) is 6.24. The number of carbonyl (C=O) groups is 2. The van der Waals surface area contributed by atoms with Gasteiger partial charge < -0.3 is 15.7 Å². The first-order valence-corrected chi connectivity index (χ1v) is 7.18. The predicted molar refractivity (Wildman–Crippen MR) is 80.8 cm³/mol. The number of amides is 2. The van der Waals surface area contributed by atoms with Crippen molar-refractivity contribution in [1.82, 2.24) is 10.3 Å². The molecule has 0 atom stereocenters. The van der Waals surface area contributed by atoms with Gasteiger partial charge >= 0.3 is 12.0 Å². The van der Waals surface area contributed by atoms with Crippen molar-refractivity contribution in [3.05, 3.63) is 45.4 Å². The summed E-state index contributed by atoms with van der Waals surface area (Å²) in [6.45, 7) is 3.87. The lowest BCUT2D eigenvalue weighted by atomic mass is 10.0. The molecule has 2 amide bonds. The number of carbonyl (C=O) groups excluding carboxylic acids is 1. The number of thiazole rings is 1. The summed E-state index contributed by atoms with van der Waals surface area (Å²) >= 11 is 1.46. The highest BCUT2D eigenvalue weighted by atomic mass is 32.1. The Labute approximate surface area is 125 Å². The van der Waals surface area contributed by atoms with E-state index in [9.17, 15) is 9.59 Å². The molecule has 0 aliphatic carbocycles. The molecule has 7 heteroatoms. The van der Waals surface area contributed by atoms with Gasteiger partial charge in [-0.15, -0.1) is 11.3 Å². The summed E-state index contributed by atoms with van der Waals surface area (Å²) in [4.78, 5) is 27.0. The molecule has 3 N–H and O–H groups in total. The van der Waals surface area contributed by atoms with Crippen LogP contribution in [0, 0.1) is 13.8 Å². The van der Waals surface area contributed by atoms with Gasteiger partial charge in [0.1, 0.15) is 0 Å². The van der Waals surface area contributed by atoms with Gasteiger partial charge in [-0.25, -0.2) is 14.6 Å².